The molecule has 110 valence electrons. The van der Waals surface area contributed by atoms with Crippen molar-refractivity contribution in [3.8, 4) is 0 Å². The fraction of sp³-hybridized carbons (Fsp3) is 0.684. The number of hydrogen-bond donors (Lipinski definition) is 0. The highest BCUT2D eigenvalue weighted by molar-refractivity contribution is 7.17. The molecule has 0 bridgehead atoms. The molecule has 0 heterocycles. The zero-order chi connectivity index (χ0) is 14.2. The highest BCUT2D eigenvalue weighted by Crippen LogP contribution is 2.56. The SMILES string of the molecule is C=C1CCCC/C1=C/C=C1\CCC[C@]2(C)[C@@H](P)CC[C@@H]12. The second-order valence-corrected chi connectivity index (χ2v) is 8.14. The van der Waals surface area contributed by atoms with Gasteiger partial charge in [0.2, 0.25) is 0 Å². The first kappa shape index (κ1) is 14.6. The molecule has 1 heteroatoms. The third-order valence-corrected chi connectivity index (χ3v) is 7.26. The lowest BCUT2D eigenvalue weighted by Gasteiger charge is -2.41. The Hall–Kier alpha value is -0.350. The van der Waals surface area contributed by atoms with Gasteiger partial charge in [-0.25, -0.2) is 0 Å². The van der Waals surface area contributed by atoms with Gasteiger partial charge in [0.05, 0.1) is 0 Å². The molecule has 0 N–H and O–H groups in total. The van der Waals surface area contributed by atoms with E-state index in [4.69, 9.17) is 0 Å². The van der Waals surface area contributed by atoms with Crippen LogP contribution in [-0.2, 0) is 0 Å². The molecule has 0 radical (unpaired) electrons. The minimum absolute atomic E-state index is 0.552. The van der Waals surface area contributed by atoms with Crippen LogP contribution in [0.3, 0.4) is 0 Å². The van der Waals surface area contributed by atoms with Gasteiger partial charge in [0, 0.05) is 0 Å². The van der Waals surface area contributed by atoms with Crippen molar-refractivity contribution < 1.29 is 0 Å². The molecule has 3 saturated carbocycles. The van der Waals surface area contributed by atoms with Gasteiger partial charge in [0.1, 0.15) is 0 Å². The van der Waals surface area contributed by atoms with E-state index in [2.05, 4.69) is 34.9 Å². The van der Waals surface area contributed by atoms with Gasteiger partial charge in [-0.1, -0.05) is 36.8 Å². The second-order valence-electron chi connectivity index (χ2n) is 7.34. The van der Waals surface area contributed by atoms with Crippen LogP contribution < -0.4 is 0 Å². The van der Waals surface area contributed by atoms with E-state index in [9.17, 15) is 0 Å². The molecule has 20 heavy (non-hydrogen) atoms. The van der Waals surface area contributed by atoms with Gasteiger partial charge in [0.15, 0.2) is 0 Å². The largest absolute Gasteiger partial charge is 0.134 e. The molecule has 0 spiro atoms. The Labute approximate surface area is 127 Å². The fourth-order valence-electron chi connectivity index (χ4n) is 4.68. The summed E-state index contributed by atoms with van der Waals surface area (Å²) in [4.78, 5) is 0. The van der Waals surface area contributed by atoms with Crippen LogP contribution in [0.1, 0.15) is 64.7 Å². The van der Waals surface area contributed by atoms with E-state index in [1.807, 2.05) is 0 Å². The Kier molecular flexibility index (Phi) is 4.23. The summed E-state index contributed by atoms with van der Waals surface area (Å²) in [5.74, 6) is 0.840. The van der Waals surface area contributed by atoms with Gasteiger partial charge in [0.25, 0.3) is 0 Å². The first-order chi connectivity index (χ1) is 9.61. The average molecular weight is 288 g/mol. The van der Waals surface area contributed by atoms with Crippen molar-refractivity contribution in [2.24, 2.45) is 11.3 Å². The van der Waals surface area contributed by atoms with E-state index in [-0.39, 0.29) is 0 Å². The molecule has 0 aromatic heterocycles. The predicted molar refractivity (Wildman–Crippen MR) is 92.0 cm³/mol. The van der Waals surface area contributed by atoms with Crippen LogP contribution in [0.4, 0.5) is 0 Å². The lowest BCUT2D eigenvalue weighted by atomic mass is 9.67. The molecule has 0 saturated heterocycles. The molecule has 0 amide bonds. The Bertz CT molecular complexity index is 456. The molecule has 0 aromatic rings. The summed E-state index contributed by atoms with van der Waals surface area (Å²) in [5.41, 5.74) is 6.03. The van der Waals surface area contributed by atoms with Crippen molar-refractivity contribution in [1.29, 1.82) is 0 Å². The molecular formula is C19H29P. The van der Waals surface area contributed by atoms with Crippen LogP contribution in [0, 0.1) is 11.3 Å². The van der Waals surface area contributed by atoms with Crippen LogP contribution in [0.2, 0.25) is 0 Å². The fourth-order valence-corrected chi connectivity index (χ4v) is 5.27. The van der Waals surface area contributed by atoms with E-state index in [0.29, 0.717) is 5.41 Å². The highest BCUT2D eigenvalue weighted by Gasteiger charge is 2.47. The molecule has 0 aromatic carbocycles. The lowest BCUT2D eigenvalue weighted by molar-refractivity contribution is 0.208. The minimum Gasteiger partial charge on any atom is -0.134 e. The van der Waals surface area contributed by atoms with Gasteiger partial charge in [-0.2, -0.15) is 0 Å². The van der Waals surface area contributed by atoms with Crippen molar-refractivity contribution >= 4 is 9.24 Å². The van der Waals surface area contributed by atoms with Gasteiger partial charge in [-0.3, -0.25) is 0 Å². The maximum Gasteiger partial charge on any atom is -0.0140 e. The summed E-state index contributed by atoms with van der Waals surface area (Å²) in [7, 11) is 3.13. The Balaban J connectivity index is 1.81. The van der Waals surface area contributed by atoms with Gasteiger partial charge in [-0.15, -0.1) is 9.24 Å². The second kappa shape index (κ2) is 5.80. The van der Waals surface area contributed by atoms with E-state index >= 15 is 0 Å². The minimum atomic E-state index is 0.552. The van der Waals surface area contributed by atoms with Crippen LogP contribution in [0.15, 0.2) is 35.5 Å². The lowest BCUT2D eigenvalue weighted by Crippen LogP contribution is -2.33. The molecule has 1 unspecified atom stereocenters. The number of hydrogen-bond acceptors (Lipinski definition) is 0. The van der Waals surface area contributed by atoms with Crippen molar-refractivity contribution in [3.05, 3.63) is 35.5 Å². The van der Waals surface area contributed by atoms with Crippen molar-refractivity contribution in [3.63, 3.8) is 0 Å². The smallest absolute Gasteiger partial charge is 0.0140 e. The third-order valence-electron chi connectivity index (χ3n) is 6.17. The van der Waals surface area contributed by atoms with Crippen LogP contribution in [-0.4, -0.2) is 5.66 Å². The summed E-state index contributed by atoms with van der Waals surface area (Å²) in [6, 6.07) is 0. The molecule has 3 fully saturated rings. The zero-order valence-electron chi connectivity index (χ0n) is 13.0. The maximum absolute atomic E-state index is 4.25. The normalized spacial score (nSPS) is 42.2. The van der Waals surface area contributed by atoms with Gasteiger partial charge in [-0.05, 0) is 80.4 Å². The average Bonchev–Trinajstić information content (AvgIpc) is 2.74. The maximum atomic E-state index is 4.25. The molecule has 0 aliphatic heterocycles. The highest BCUT2D eigenvalue weighted by atomic mass is 31.0. The summed E-state index contributed by atoms with van der Waals surface area (Å²) >= 11 is 0. The standard InChI is InChI=1S/C19H29P/c1-14-6-3-4-7-15(14)9-10-16-8-5-13-19(2)17(16)11-12-18(19)20/h9-10,17-18H,1,3-8,11-13,20H2,2H3/b15-9-,16-10+/t17-,18-,19-/m0/s1. The first-order valence-electron chi connectivity index (χ1n) is 8.44. The topological polar surface area (TPSA) is 0 Å². The van der Waals surface area contributed by atoms with E-state index in [0.717, 1.165) is 11.6 Å². The predicted octanol–water partition coefficient (Wildman–Crippen LogP) is 5.81. The van der Waals surface area contributed by atoms with Crippen LogP contribution >= 0.6 is 9.24 Å². The van der Waals surface area contributed by atoms with Gasteiger partial charge < -0.3 is 0 Å². The van der Waals surface area contributed by atoms with E-state index in [1.54, 1.807) is 5.57 Å². The van der Waals surface area contributed by atoms with E-state index < -0.39 is 0 Å². The van der Waals surface area contributed by atoms with Crippen LogP contribution in [0.5, 0.6) is 0 Å². The summed E-state index contributed by atoms with van der Waals surface area (Å²) in [6.07, 6.45) is 17.0. The molecule has 3 aliphatic carbocycles. The van der Waals surface area contributed by atoms with Crippen molar-refractivity contribution in [2.45, 2.75) is 70.4 Å². The van der Waals surface area contributed by atoms with E-state index in [1.165, 1.54) is 68.9 Å². The summed E-state index contributed by atoms with van der Waals surface area (Å²) < 4.78 is 0. The molecule has 3 rings (SSSR count). The first-order valence-corrected chi connectivity index (χ1v) is 9.11. The van der Waals surface area contributed by atoms with Gasteiger partial charge >= 0.3 is 0 Å². The number of allylic oxidation sites excluding steroid dienone is 5. The molecule has 3 aliphatic rings. The molecular weight excluding hydrogens is 259 g/mol. The number of rotatable bonds is 1. The Morgan fingerprint density at radius 1 is 1.10 bits per heavy atom. The monoisotopic (exact) mass is 288 g/mol. The summed E-state index contributed by atoms with van der Waals surface area (Å²) in [6.45, 7) is 6.78. The Morgan fingerprint density at radius 2 is 1.90 bits per heavy atom. The number of fused-ring (bicyclic) bond motifs is 1. The quantitative estimate of drug-likeness (QED) is 0.534. The molecule has 0 nitrogen and oxygen atoms in total. The van der Waals surface area contributed by atoms with Crippen LogP contribution in [0.25, 0.3) is 0 Å². The van der Waals surface area contributed by atoms with Crippen molar-refractivity contribution in [1.82, 2.24) is 0 Å². The Morgan fingerprint density at radius 3 is 2.70 bits per heavy atom. The third kappa shape index (κ3) is 2.57. The van der Waals surface area contributed by atoms with Crippen molar-refractivity contribution in [2.75, 3.05) is 0 Å². The zero-order valence-corrected chi connectivity index (χ0v) is 14.1. The molecule has 4 atom stereocenters. The summed E-state index contributed by atoms with van der Waals surface area (Å²) in [5, 5.41) is 0.